The van der Waals surface area contributed by atoms with Crippen LogP contribution in [0.5, 0.6) is 0 Å². The second-order valence-electron chi connectivity index (χ2n) is 3.81. The summed E-state index contributed by atoms with van der Waals surface area (Å²) in [5.74, 6) is 0.447. The predicted octanol–water partition coefficient (Wildman–Crippen LogP) is 3.52. The Bertz CT molecular complexity index is 309. The number of thiophene rings is 1. The van der Waals surface area contributed by atoms with Gasteiger partial charge < -0.3 is 5.32 Å². The van der Waals surface area contributed by atoms with Gasteiger partial charge in [0.25, 0.3) is 5.91 Å². The van der Waals surface area contributed by atoms with Crippen molar-refractivity contribution in [2.75, 3.05) is 6.54 Å². The van der Waals surface area contributed by atoms with E-state index in [-0.39, 0.29) is 11.3 Å². The summed E-state index contributed by atoms with van der Waals surface area (Å²) in [6.45, 7) is 4.80. The second kappa shape index (κ2) is 6.92. The Morgan fingerprint density at radius 3 is 2.69 bits per heavy atom. The van der Waals surface area contributed by atoms with Gasteiger partial charge in [-0.15, -0.1) is 11.6 Å². The molecule has 0 fully saturated rings. The minimum absolute atomic E-state index is 0.0255. The van der Waals surface area contributed by atoms with Crippen LogP contribution >= 0.6 is 22.9 Å². The average Bonchev–Trinajstić information content (AvgIpc) is 2.81. The van der Waals surface area contributed by atoms with Crippen molar-refractivity contribution in [2.45, 2.75) is 32.1 Å². The molecule has 1 aromatic heterocycles. The average molecular weight is 260 g/mol. The molecular formula is C12H18ClNOS. The van der Waals surface area contributed by atoms with E-state index in [4.69, 9.17) is 11.6 Å². The molecule has 4 heteroatoms. The lowest BCUT2D eigenvalue weighted by Crippen LogP contribution is -2.32. The highest BCUT2D eigenvalue weighted by atomic mass is 35.5. The highest BCUT2D eigenvalue weighted by Crippen LogP contribution is 2.17. The smallest absolute Gasteiger partial charge is 0.252 e. The normalized spacial score (nSPS) is 12.8. The van der Waals surface area contributed by atoms with E-state index in [0.717, 1.165) is 18.4 Å². The molecule has 0 aliphatic rings. The summed E-state index contributed by atoms with van der Waals surface area (Å²) in [6, 6.07) is 1.82. The molecule has 0 spiro atoms. The van der Waals surface area contributed by atoms with Gasteiger partial charge in [-0.1, -0.05) is 26.7 Å². The first-order valence-corrected chi connectivity index (χ1v) is 7.01. The van der Waals surface area contributed by atoms with Crippen LogP contribution in [-0.4, -0.2) is 17.8 Å². The summed E-state index contributed by atoms with van der Waals surface area (Å²) in [5, 5.41) is 6.64. The summed E-state index contributed by atoms with van der Waals surface area (Å²) < 4.78 is 0. The fourth-order valence-electron chi connectivity index (χ4n) is 1.65. The van der Waals surface area contributed by atoms with E-state index >= 15 is 0 Å². The van der Waals surface area contributed by atoms with Crippen molar-refractivity contribution >= 4 is 28.8 Å². The maximum atomic E-state index is 11.6. The number of nitrogens with one attached hydrogen (secondary N) is 1. The molecule has 90 valence electrons. The van der Waals surface area contributed by atoms with Gasteiger partial charge in [0.2, 0.25) is 0 Å². The molecule has 1 atom stereocenters. The highest BCUT2D eigenvalue weighted by molar-refractivity contribution is 7.08. The van der Waals surface area contributed by atoms with Crippen molar-refractivity contribution in [3.05, 3.63) is 22.4 Å². The maximum Gasteiger partial charge on any atom is 0.252 e. The molecule has 0 saturated carbocycles. The van der Waals surface area contributed by atoms with E-state index in [1.54, 1.807) is 0 Å². The zero-order valence-electron chi connectivity index (χ0n) is 9.70. The molecule has 1 N–H and O–H groups in total. The van der Waals surface area contributed by atoms with E-state index in [1.807, 2.05) is 16.8 Å². The number of hydrogen-bond donors (Lipinski definition) is 1. The van der Waals surface area contributed by atoms with E-state index in [2.05, 4.69) is 19.2 Å². The number of carbonyl (C=O) groups is 1. The third kappa shape index (κ3) is 3.80. The molecule has 0 bridgehead atoms. The zero-order chi connectivity index (χ0) is 12.0. The van der Waals surface area contributed by atoms with Crippen molar-refractivity contribution in [3.63, 3.8) is 0 Å². The first-order valence-electron chi connectivity index (χ1n) is 5.63. The quantitative estimate of drug-likeness (QED) is 0.778. The first kappa shape index (κ1) is 13.5. The fourth-order valence-corrected chi connectivity index (χ4v) is 2.72. The van der Waals surface area contributed by atoms with Gasteiger partial charge in [0.15, 0.2) is 0 Å². The van der Waals surface area contributed by atoms with Crippen molar-refractivity contribution in [1.82, 2.24) is 5.32 Å². The minimum Gasteiger partial charge on any atom is -0.351 e. The van der Waals surface area contributed by atoms with Gasteiger partial charge in [-0.2, -0.15) is 11.3 Å². The summed E-state index contributed by atoms with van der Waals surface area (Å²) in [7, 11) is 0. The number of hydrogen-bond acceptors (Lipinski definition) is 2. The lowest BCUT2D eigenvalue weighted by atomic mass is 9.99. The monoisotopic (exact) mass is 259 g/mol. The van der Waals surface area contributed by atoms with Gasteiger partial charge in [-0.3, -0.25) is 4.79 Å². The van der Waals surface area contributed by atoms with Gasteiger partial charge in [0.05, 0.1) is 5.38 Å². The Hall–Kier alpha value is -0.540. The molecule has 0 radical (unpaired) electrons. The second-order valence-corrected chi connectivity index (χ2v) is 5.16. The topological polar surface area (TPSA) is 29.1 Å². The van der Waals surface area contributed by atoms with E-state index in [9.17, 15) is 4.79 Å². The Kier molecular flexibility index (Phi) is 5.85. The van der Waals surface area contributed by atoms with Crippen LogP contribution in [0.2, 0.25) is 0 Å². The molecule has 1 rings (SSSR count). The Morgan fingerprint density at radius 2 is 2.19 bits per heavy atom. The van der Waals surface area contributed by atoms with Crippen LogP contribution in [0.15, 0.2) is 16.8 Å². The molecule has 0 aliphatic heterocycles. The van der Waals surface area contributed by atoms with Crippen LogP contribution in [-0.2, 0) is 0 Å². The molecule has 0 aromatic carbocycles. The van der Waals surface area contributed by atoms with Gasteiger partial charge in [0, 0.05) is 17.5 Å². The number of halogens is 1. The van der Waals surface area contributed by atoms with Crippen molar-refractivity contribution < 1.29 is 4.79 Å². The van der Waals surface area contributed by atoms with Crippen LogP contribution in [0.25, 0.3) is 0 Å². The number of alkyl halides is 1. The van der Waals surface area contributed by atoms with Crippen LogP contribution in [0.3, 0.4) is 0 Å². The lowest BCUT2D eigenvalue weighted by molar-refractivity contribution is 0.0952. The number of carbonyl (C=O) groups excluding carboxylic acids is 1. The maximum absolute atomic E-state index is 11.6. The van der Waals surface area contributed by atoms with E-state index in [0.29, 0.717) is 12.5 Å². The predicted molar refractivity (Wildman–Crippen MR) is 70.4 cm³/mol. The number of amides is 1. The van der Waals surface area contributed by atoms with Crippen LogP contribution in [0.1, 0.15) is 37.0 Å². The zero-order valence-corrected chi connectivity index (χ0v) is 11.3. The molecule has 1 aromatic rings. The third-order valence-corrected chi connectivity index (χ3v) is 4.00. The van der Waals surface area contributed by atoms with E-state index < -0.39 is 0 Å². The van der Waals surface area contributed by atoms with Gasteiger partial charge in [-0.05, 0) is 17.4 Å². The van der Waals surface area contributed by atoms with Gasteiger partial charge in [0.1, 0.15) is 0 Å². The molecule has 0 saturated heterocycles. The largest absolute Gasteiger partial charge is 0.351 e. The SMILES string of the molecule is CCC(CC)C(Cl)CNC(=O)c1ccsc1. The lowest BCUT2D eigenvalue weighted by Gasteiger charge is -2.19. The van der Waals surface area contributed by atoms with E-state index in [1.165, 1.54) is 11.3 Å². The molecule has 1 heterocycles. The van der Waals surface area contributed by atoms with Gasteiger partial charge >= 0.3 is 0 Å². The minimum atomic E-state index is -0.0298. The van der Waals surface area contributed by atoms with Crippen LogP contribution in [0.4, 0.5) is 0 Å². The summed E-state index contributed by atoms with van der Waals surface area (Å²) in [4.78, 5) is 11.6. The molecular weight excluding hydrogens is 242 g/mol. The Labute approximate surface area is 106 Å². The molecule has 1 unspecified atom stereocenters. The molecule has 2 nitrogen and oxygen atoms in total. The van der Waals surface area contributed by atoms with Crippen LogP contribution < -0.4 is 5.32 Å². The standard InChI is InChI=1S/C12H18ClNOS/c1-3-9(4-2)11(13)7-14-12(15)10-5-6-16-8-10/h5-6,8-9,11H,3-4,7H2,1-2H3,(H,14,15). The summed E-state index contributed by atoms with van der Waals surface area (Å²) >= 11 is 7.76. The number of rotatable bonds is 6. The van der Waals surface area contributed by atoms with Crippen molar-refractivity contribution in [3.8, 4) is 0 Å². The highest BCUT2D eigenvalue weighted by Gasteiger charge is 2.16. The summed E-state index contributed by atoms with van der Waals surface area (Å²) in [5.41, 5.74) is 0.721. The Morgan fingerprint density at radius 1 is 1.50 bits per heavy atom. The van der Waals surface area contributed by atoms with Crippen LogP contribution in [0, 0.1) is 5.92 Å². The van der Waals surface area contributed by atoms with Crippen molar-refractivity contribution in [2.24, 2.45) is 5.92 Å². The first-order chi connectivity index (χ1) is 7.69. The Balaban J connectivity index is 2.37. The summed E-state index contributed by atoms with van der Waals surface area (Å²) in [6.07, 6.45) is 2.11. The molecule has 1 amide bonds. The van der Waals surface area contributed by atoms with Gasteiger partial charge in [-0.25, -0.2) is 0 Å². The molecule has 0 aliphatic carbocycles. The molecule has 16 heavy (non-hydrogen) atoms. The fraction of sp³-hybridized carbons (Fsp3) is 0.583. The van der Waals surface area contributed by atoms with Crippen molar-refractivity contribution in [1.29, 1.82) is 0 Å². The third-order valence-electron chi connectivity index (χ3n) is 2.80.